The lowest BCUT2D eigenvalue weighted by molar-refractivity contribution is -0.137. The molecule has 0 bridgehead atoms. The van der Waals surface area contributed by atoms with E-state index in [0.717, 1.165) is 37.9 Å². The number of ether oxygens (including phenoxy) is 1. The van der Waals surface area contributed by atoms with Gasteiger partial charge in [-0.25, -0.2) is 0 Å². The fraction of sp³-hybridized carbons (Fsp3) is 0.538. The first-order valence-corrected chi connectivity index (χ1v) is 5.98. The topological polar surface area (TPSA) is 21.3 Å². The number of rotatable bonds is 7. The molecule has 0 saturated heterocycles. The minimum atomic E-state index is -4.31. The maximum atomic E-state index is 12.4. The number of halogens is 3. The molecule has 1 aromatic rings. The molecule has 0 aliphatic carbocycles. The van der Waals surface area contributed by atoms with Crippen molar-refractivity contribution in [3.8, 4) is 5.75 Å². The first-order chi connectivity index (χ1) is 8.54. The lowest BCUT2D eigenvalue weighted by atomic mass is 10.2. The van der Waals surface area contributed by atoms with Crippen LogP contribution in [0.1, 0.15) is 24.8 Å². The monoisotopic (exact) mass is 261 g/mol. The van der Waals surface area contributed by atoms with Crippen LogP contribution in [-0.4, -0.2) is 20.2 Å². The van der Waals surface area contributed by atoms with Gasteiger partial charge >= 0.3 is 6.18 Å². The molecule has 0 aliphatic heterocycles. The van der Waals surface area contributed by atoms with Crippen LogP contribution < -0.4 is 10.1 Å². The lowest BCUT2D eigenvalue weighted by Gasteiger charge is -2.10. The SMILES string of the molecule is CNCCCCCOc1cccc(C(F)(F)F)c1. The molecular formula is C13H18F3NO. The number of unbranched alkanes of at least 4 members (excludes halogenated alkanes) is 2. The molecule has 0 spiro atoms. The van der Waals surface area contributed by atoms with Crippen LogP contribution in [0.15, 0.2) is 24.3 Å². The van der Waals surface area contributed by atoms with E-state index in [-0.39, 0.29) is 5.75 Å². The van der Waals surface area contributed by atoms with Gasteiger partial charge in [0, 0.05) is 0 Å². The maximum absolute atomic E-state index is 12.4. The number of nitrogens with one attached hydrogen (secondary N) is 1. The van der Waals surface area contributed by atoms with Gasteiger partial charge in [-0.15, -0.1) is 0 Å². The van der Waals surface area contributed by atoms with Gasteiger partial charge < -0.3 is 10.1 Å². The third kappa shape index (κ3) is 5.40. The third-order valence-electron chi connectivity index (χ3n) is 2.50. The van der Waals surface area contributed by atoms with Gasteiger partial charge in [-0.05, 0) is 51.1 Å². The van der Waals surface area contributed by atoms with Gasteiger partial charge in [0.15, 0.2) is 0 Å². The van der Waals surface area contributed by atoms with Crippen LogP contribution in [0.2, 0.25) is 0 Å². The van der Waals surface area contributed by atoms with E-state index in [1.807, 2.05) is 7.05 Å². The van der Waals surface area contributed by atoms with Crippen LogP contribution in [0.4, 0.5) is 13.2 Å². The predicted molar refractivity (Wildman–Crippen MR) is 64.7 cm³/mol. The van der Waals surface area contributed by atoms with E-state index in [2.05, 4.69) is 5.32 Å². The van der Waals surface area contributed by atoms with Gasteiger partial charge in [0.05, 0.1) is 12.2 Å². The summed E-state index contributed by atoms with van der Waals surface area (Å²) in [6, 6.07) is 4.98. The smallest absolute Gasteiger partial charge is 0.416 e. The Labute approximate surface area is 105 Å². The summed E-state index contributed by atoms with van der Waals surface area (Å²) in [7, 11) is 1.89. The molecule has 1 aromatic carbocycles. The Bertz CT molecular complexity index is 352. The summed E-state index contributed by atoms with van der Waals surface area (Å²) in [5.74, 6) is 0.276. The second-order valence-corrected chi connectivity index (χ2v) is 4.04. The molecule has 0 saturated carbocycles. The summed E-state index contributed by atoms with van der Waals surface area (Å²) in [5, 5.41) is 3.03. The molecule has 0 radical (unpaired) electrons. The van der Waals surface area contributed by atoms with Crippen molar-refractivity contribution >= 4 is 0 Å². The molecule has 1 N–H and O–H groups in total. The minimum absolute atomic E-state index is 0.276. The highest BCUT2D eigenvalue weighted by Crippen LogP contribution is 2.31. The molecule has 0 amide bonds. The summed E-state index contributed by atoms with van der Waals surface area (Å²) in [5.41, 5.74) is -0.671. The highest BCUT2D eigenvalue weighted by atomic mass is 19.4. The van der Waals surface area contributed by atoms with Crippen molar-refractivity contribution in [1.29, 1.82) is 0 Å². The minimum Gasteiger partial charge on any atom is -0.494 e. The van der Waals surface area contributed by atoms with Crippen LogP contribution in [-0.2, 0) is 6.18 Å². The Hall–Kier alpha value is -1.23. The molecule has 5 heteroatoms. The largest absolute Gasteiger partial charge is 0.494 e. The van der Waals surface area contributed by atoms with Crippen molar-refractivity contribution in [3.63, 3.8) is 0 Å². The van der Waals surface area contributed by atoms with Crippen LogP contribution in [0, 0.1) is 0 Å². The fourth-order valence-electron chi connectivity index (χ4n) is 1.53. The fourth-order valence-corrected chi connectivity index (χ4v) is 1.53. The maximum Gasteiger partial charge on any atom is 0.416 e. The van der Waals surface area contributed by atoms with Gasteiger partial charge in [-0.1, -0.05) is 6.07 Å². The van der Waals surface area contributed by atoms with Crippen molar-refractivity contribution in [2.75, 3.05) is 20.2 Å². The molecule has 2 nitrogen and oxygen atoms in total. The molecule has 0 atom stereocenters. The zero-order valence-electron chi connectivity index (χ0n) is 10.4. The Morgan fingerprint density at radius 2 is 1.94 bits per heavy atom. The van der Waals surface area contributed by atoms with E-state index in [1.165, 1.54) is 6.07 Å². The molecule has 0 aliphatic rings. The first-order valence-electron chi connectivity index (χ1n) is 5.98. The van der Waals surface area contributed by atoms with Crippen LogP contribution >= 0.6 is 0 Å². The summed E-state index contributed by atoms with van der Waals surface area (Å²) in [4.78, 5) is 0. The summed E-state index contributed by atoms with van der Waals surface area (Å²) in [6.45, 7) is 1.40. The summed E-state index contributed by atoms with van der Waals surface area (Å²) < 4.78 is 42.6. The molecule has 18 heavy (non-hydrogen) atoms. The molecule has 102 valence electrons. The number of hydrogen-bond donors (Lipinski definition) is 1. The second-order valence-electron chi connectivity index (χ2n) is 4.04. The number of benzene rings is 1. The van der Waals surface area contributed by atoms with Gasteiger partial charge in [0.1, 0.15) is 5.75 Å². The van der Waals surface area contributed by atoms with Crippen molar-refractivity contribution in [2.45, 2.75) is 25.4 Å². The van der Waals surface area contributed by atoms with Crippen molar-refractivity contribution in [3.05, 3.63) is 29.8 Å². The van der Waals surface area contributed by atoms with E-state index in [9.17, 15) is 13.2 Å². The predicted octanol–water partition coefficient (Wildman–Crippen LogP) is 3.47. The van der Waals surface area contributed by atoms with Crippen molar-refractivity contribution in [2.24, 2.45) is 0 Å². The molecule has 0 fully saturated rings. The highest BCUT2D eigenvalue weighted by Gasteiger charge is 2.30. The van der Waals surface area contributed by atoms with Gasteiger partial charge in [-0.2, -0.15) is 13.2 Å². The van der Waals surface area contributed by atoms with Crippen LogP contribution in [0.5, 0.6) is 5.75 Å². The van der Waals surface area contributed by atoms with E-state index in [4.69, 9.17) is 4.74 Å². The van der Waals surface area contributed by atoms with E-state index >= 15 is 0 Å². The van der Waals surface area contributed by atoms with Crippen LogP contribution in [0.3, 0.4) is 0 Å². The zero-order valence-corrected chi connectivity index (χ0v) is 10.4. The lowest BCUT2D eigenvalue weighted by Crippen LogP contribution is -2.08. The van der Waals surface area contributed by atoms with Crippen LogP contribution in [0.25, 0.3) is 0 Å². The van der Waals surface area contributed by atoms with Gasteiger partial charge in [0.2, 0.25) is 0 Å². The molecule has 0 heterocycles. The van der Waals surface area contributed by atoms with E-state index in [1.54, 1.807) is 6.07 Å². The van der Waals surface area contributed by atoms with Gasteiger partial charge in [0.25, 0.3) is 0 Å². The Morgan fingerprint density at radius 1 is 1.17 bits per heavy atom. The highest BCUT2D eigenvalue weighted by molar-refractivity contribution is 5.30. The van der Waals surface area contributed by atoms with Crippen molar-refractivity contribution in [1.82, 2.24) is 5.32 Å². The Kier molecular flexibility index (Phi) is 5.98. The zero-order chi connectivity index (χ0) is 13.4. The average Bonchev–Trinajstić information content (AvgIpc) is 2.33. The first kappa shape index (κ1) is 14.8. The third-order valence-corrected chi connectivity index (χ3v) is 2.50. The van der Waals surface area contributed by atoms with E-state index in [0.29, 0.717) is 6.61 Å². The Balaban J connectivity index is 2.34. The molecule has 0 aromatic heterocycles. The Morgan fingerprint density at radius 3 is 2.61 bits per heavy atom. The summed E-state index contributed by atoms with van der Waals surface area (Å²) in [6.07, 6.45) is -1.42. The molecule has 0 unspecified atom stereocenters. The van der Waals surface area contributed by atoms with Crippen molar-refractivity contribution < 1.29 is 17.9 Å². The number of hydrogen-bond acceptors (Lipinski definition) is 2. The number of alkyl halides is 3. The second kappa shape index (κ2) is 7.26. The van der Waals surface area contributed by atoms with Gasteiger partial charge in [-0.3, -0.25) is 0 Å². The quantitative estimate of drug-likeness (QED) is 0.759. The molecular weight excluding hydrogens is 243 g/mol. The summed E-state index contributed by atoms with van der Waals surface area (Å²) >= 11 is 0. The molecule has 1 rings (SSSR count). The normalized spacial score (nSPS) is 11.6. The average molecular weight is 261 g/mol. The standard InChI is InChI=1S/C13H18F3NO/c1-17-8-3-2-4-9-18-12-7-5-6-11(10-12)13(14,15)16/h5-7,10,17H,2-4,8-9H2,1H3. The van der Waals surface area contributed by atoms with E-state index < -0.39 is 11.7 Å².